The topological polar surface area (TPSA) is 42.1 Å². The van der Waals surface area contributed by atoms with Crippen LogP contribution in [0, 0.1) is 12.7 Å². The molecule has 2 rings (SSSR count). The molecule has 0 bridgehead atoms. The Morgan fingerprint density at radius 3 is 2.68 bits per heavy atom. The summed E-state index contributed by atoms with van der Waals surface area (Å²) in [5, 5.41) is 0. The highest BCUT2D eigenvalue weighted by Gasteiger charge is 2.08. The predicted octanol–water partition coefficient (Wildman–Crippen LogP) is 2.62. The van der Waals surface area contributed by atoms with Gasteiger partial charge in [-0.05, 0) is 41.8 Å². The molecule has 1 aromatic carbocycles. The van der Waals surface area contributed by atoms with E-state index in [0.29, 0.717) is 13.1 Å². The third-order valence-electron chi connectivity index (χ3n) is 3.01. The summed E-state index contributed by atoms with van der Waals surface area (Å²) in [7, 11) is 1.95. The van der Waals surface area contributed by atoms with Gasteiger partial charge in [-0.25, -0.2) is 9.37 Å². The smallest absolute Gasteiger partial charge is 0.131 e. The fourth-order valence-electron chi connectivity index (χ4n) is 2.12. The second-order valence-electron chi connectivity index (χ2n) is 4.67. The average molecular weight is 259 g/mol. The molecule has 3 nitrogen and oxygen atoms in total. The van der Waals surface area contributed by atoms with Crippen molar-refractivity contribution < 1.29 is 4.39 Å². The van der Waals surface area contributed by atoms with Crippen LogP contribution in [0.4, 0.5) is 10.2 Å². The first-order valence-electron chi connectivity index (χ1n) is 6.21. The molecule has 0 aliphatic heterocycles. The van der Waals surface area contributed by atoms with E-state index in [9.17, 15) is 4.39 Å². The lowest BCUT2D eigenvalue weighted by atomic mass is 10.1. The highest BCUT2D eigenvalue weighted by atomic mass is 19.1. The zero-order valence-corrected chi connectivity index (χ0v) is 11.2. The van der Waals surface area contributed by atoms with E-state index in [4.69, 9.17) is 5.73 Å². The number of rotatable bonds is 4. The summed E-state index contributed by atoms with van der Waals surface area (Å²) in [6.07, 6.45) is 1.78. The fraction of sp³-hybridized carbons (Fsp3) is 0.267. The van der Waals surface area contributed by atoms with Gasteiger partial charge in [0.25, 0.3) is 0 Å². The number of hydrogen-bond acceptors (Lipinski definition) is 3. The van der Waals surface area contributed by atoms with Crippen molar-refractivity contribution in [2.24, 2.45) is 5.73 Å². The first-order valence-corrected chi connectivity index (χ1v) is 6.21. The Kier molecular flexibility index (Phi) is 4.12. The Balaban J connectivity index is 2.18. The molecule has 0 fully saturated rings. The number of pyridine rings is 1. The Morgan fingerprint density at radius 2 is 2.05 bits per heavy atom. The third kappa shape index (κ3) is 3.29. The molecule has 1 aromatic heterocycles. The van der Waals surface area contributed by atoms with Crippen molar-refractivity contribution in [2.75, 3.05) is 11.9 Å². The van der Waals surface area contributed by atoms with Gasteiger partial charge in [0.2, 0.25) is 0 Å². The molecule has 0 unspecified atom stereocenters. The first kappa shape index (κ1) is 13.5. The molecular formula is C15H18FN3. The van der Waals surface area contributed by atoms with Gasteiger partial charge in [0.1, 0.15) is 11.6 Å². The van der Waals surface area contributed by atoms with E-state index in [0.717, 1.165) is 22.5 Å². The zero-order chi connectivity index (χ0) is 13.8. The second-order valence-corrected chi connectivity index (χ2v) is 4.67. The molecule has 0 spiro atoms. The highest BCUT2D eigenvalue weighted by molar-refractivity contribution is 5.47. The SMILES string of the molecule is Cc1cc(CN)cnc1N(C)Cc1cccc(F)c1. The lowest BCUT2D eigenvalue weighted by Crippen LogP contribution is -2.19. The molecule has 4 heteroatoms. The van der Waals surface area contributed by atoms with Crippen LogP contribution in [-0.4, -0.2) is 12.0 Å². The number of halogens is 1. The Labute approximate surface area is 112 Å². The van der Waals surface area contributed by atoms with Crippen LogP contribution < -0.4 is 10.6 Å². The number of benzene rings is 1. The average Bonchev–Trinajstić information content (AvgIpc) is 2.38. The second kappa shape index (κ2) is 5.80. The van der Waals surface area contributed by atoms with E-state index in [1.54, 1.807) is 18.3 Å². The Hall–Kier alpha value is -1.94. The summed E-state index contributed by atoms with van der Waals surface area (Å²) in [4.78, 5) is 6.42. The van der Waals surface area contributed by atoms with Crippen molar-refractivity contribution in [1.29, 1.82) is 0 Å². The van der Waals surface area contributed by atoms with Crippen LogP contribution in [0.2, 0.25) is 0 Å². The molecule has 0 atom stereocenters. The fourth-order valence-corrected chi connectivity index (χ4v) is 2.12. The van der Waals surface area contributed by atoms with E-state index in [1.807, 2.05) is 31.0 Å². The van der Waals surface area contributed by atoms with Crippen LogP contribution in [-0.2, 0) is 13.1 Å². The molecule has 2 N–H and O–H groups in total. The van der Waals surface area contributed by atoms with E-state index < -0.39 is 0 Å². The van der Waals surface area contributed by atoms with Crippen molar-refractivity contribution in [1.82, 2.24) is 4.98 Å². The molecule has 0 aliphatic rings. The summed E-state index contributed by atoms with van der Waals surface area (Å²) in [5.74, 6) is 0.676. The van der Waals surface area contributed by atoms with Crippen molar-refractivity contribution in [3.05, 3.63) is 59.0 Å². The molecule has 0 amide bonds. The summed E-state index contributed by atoms with van der Waals surface area (Å²) >= 11 is 0. The van der Waals surface area contributed by atoms with Gasteiger partial charge in [0, 0.05) is 26.3 Å². The van der Waals surface area contributed by atoms with Gasteiger partial charge in [-0.3, -0.25) is 0 Å². The first-order chi connectivity index (χ1) is 9.10. The Bertz CT molecular complexity index is 569. The minimum absolute atomic E-state index is 0.214. The monoisotopic (exact) mass is 259 g/mol. The minimum atomic E-state index is -0.214. The number of anilines is 1. The molecule has 1 heterocycles. The van der Waals surface area contributed by atoms with Gasteiger partial charge in [-0.15, -0.1) is 0 Å². The molecule has 2 aromatic rings. The normalized spacial score (nSPS) is 10.5. The lowest BCUT2D eigenvalue weighted by molar-refractivity contribution is 0.625. The van der Waals surface area contributed by atoms with Crippen LogP contribution in [0.1, 0.15) is 16.7 Å². The maximum atomic E-state index is 13.2. The summed E-state index contributed by atoms with van der Waals surface area (Å²) < 4.78 is 13.2. The molecular weight excluding hydrogens is 241 g/mol. The van der Waals surface area contributed by atoms with Crippen LogP contribution in [0.25, 0.3) is 0 Å². The van der Waals surface area contributed by atoms with E-state index in [1.165, 1.54) is 6.07 Å². The Morgan fingerprint density at radius 1 is 1.26 bits per heavy atom. The van der Waals surface area contributed by atoms with Gasteiger partial charge < -0.3 is 10.6 Å². The maximum absolute atomic E-state index is 13.2. The molecule has 0 saturated heterocycles. The summed E-state index contributed by atoms with van der Waals surface area (Å²) in [6.45, 7) is 3.11. The standard InChI is InChI=1S/C15H18FN3/c1-11-6-13(8-17)9-18-15(11)19(2)10-12-4-3-5-14(16)7-12/h3-7,9H,8,10,17H2,1-2H3. The van der Waals surface area contributed by atoms with Crippen LogP contribution in [0.15, 0.2) is 36.5 Å². The van der Waals surface area contributed by atoms with Gasteiger partial charge in [-0.1, -0.05) is 12.1 Å². The van der Waals surface area contributed by atoms with Crippen molar-refractivity contribution in [3.63, 3.8) is 0 Å². The lowest BCUT2D eigenvalue weighted by Gasteiger charge is -2.20. The molecule has 0 radical (unpaired) electrons. The maximum Gasteiger partial charge on any atom is 0.131 e. The largest absolute Gasteiger partial charge is 0.355 e. The van der Waals surface area contributed by atoms with Crippen molar-refractivity contribution >= 4 is 5.82 Å². The molecule has 19 heavy (non-hydrogen) atoms. The quantitative estimate of drug-likeness (QED) is 0.917. The molecule has 100 valence electrons. The van der Waals surface area contributed by atoms with Crippen LogP contribution >= 0.6 is 0 Å². The number of aryl methyl sites for hydroxylation is 1. The van der Waals surface area contributed by atoms with E-state index in [2.05, 4.69) is 4.98 Å². The van der Waals surface area contributed by atoms with Crippen molar-refractivity contribution in [2.45, 2.75) is 20.0 Å². The number of aromatic nitrogens is 1. The predicted molar refractivity (Wildman–Crippen MR) is 75.4 cm³/mol. The van der Waals surface area contributed by atoms with Crippen LogP contribution in [0.3, 0.4) is 0 Å². The summed E-state index contributed by atoms with van der Waals surface area (Å²) in [6, 6.07) is 8.65. The van der Waals surface area contributed by atoms with E-state index >= 15 is 0 Å². The number of hydrogen-bond donors (Lipinski definition) is 1. The van der Waals surface area contributed by atoms with Crippen LogP contribution in [0.5, 0.6) is 0 Å². The highest BCUT2D eigenvalue weighted by Crippen LogP contribution is 2.18. The summed E-state index contributed by atoms with van der Waals surface area (Å²) in [5.41, 5.74) is 8.60. The number of nitrogens with zero attached hydrogens (tertiary/aromatic N) is 2. The van der Waals surface area contributed by atoms with Crippen molar-refractivity contribution in [3.8, 4) is 0 Å². The van der Waals surface area contributed by atoms with Gasteiger partial charge >= 0.3 is 0 Å². The molecule has 0 saturated carbocycles. The molecule has 0 aliphatic carbocycles. The third-order valence-corrected chi connectivity index (χ3v) is 3.01. The van der Waals surface area contributed by atoms with Gasteiger partial charge in [0.15, 0.2) is 0 Å². The van der Waals surface area contributed by atoms with E-state index in [-0.39, 0.29) is 5.82 Å². The minimum Gasteiger partial charge on any atom is -0.355 e. The van der Waals surface area contributed by atoms with Gasteiger partial charge in [0.05, 0.1) is 0 Å². The zero-order valence-electron chi connectivity index (χ0n) is 11.2. The number of nitrogens with two attached hydrogens (primary N) is 1. The van der Waals surface area contributed by atoms with Gasteiger partial charge in [-0.2, -0.15) is 0 Å².